The third-order valence-electron chi connectivity index (χ3n) is 4.65. The fourth-order valence-electron chi connectivity index (χ4n) is 3.29. The summed E-state index contributed by atoms with van der Waals surface area (Å²) in [5, 5.41) is 5.87. The first-order chi connectivity index (χ1) is 13.8. The lowest BCUT2D eigenvalue weighted by Gasteiger charge is -2.34. The molecule has 1 N–H and O–H groups in total. The van der Waals surface area contributed by atoms with E-state index < -0.39 is 0 Å². The van der Waals surface area contributed by atoms with Gasteiger partial charge in [0.05, 0.1) is 11.7 Å². The molecule has 1 fully saturated rings. The van der Waals surface area contributed by atoms with Gasteiger partial charge in [-0.1, -0.05) is 30.3 Å². The van der Waals surface area contributed by atoms with Crippen molar-refractivity contribution in [2.45, 2.75) is 25.3 Å². The average molecular weight is 392 g/mol. The number of hydrogen-bond donors (Lipinski definition) is 1. The zero-order chi connectivity index (χ0) is 19.2. The minimum Gasteiger partial charge on any atom is -0.331 e. The number of likely N-dealkylation sites (tertiary alicyclic amines) is 1. The van der Waals surface area contributed by atoms with Gasteiger partial charge < -0.3 is 10.2 Å². The van der Waals surface area contributed by atoms with Crippen LogP contribution in [0, 0.1) is 0 Å². The molecule has 7 heteroatoms. The van der Waals surface area contributed by atoms with Crippen molar-refractivity contribution in [3.8, 4) is 0 Å². The van der Waals surface area contributed by atoms with Gasteiger partial charge in [-0.3, -0.25) is 4.79 Å². The Hall–Kier alpha value is -3.06. The molecule has 4 rings (SSSR count). The monoisotopic (exact) mass is 391 g/mol. The van der Waals surface area contributed by atoms with E-state index in [0.717, 1.165) is 42.2 Å². The Balaban J connectivity index is 1.48. The predicted molar refractivity (Wildman–Crippen MR) is 111 cm³/mol. The van der Waals surface area contributed by atoms with Crippen LogP contribution in [0.3, 0.4) is 0 Å². The molecule has 3 heterocycles. The van der Waals surface area contributed by atoms with E-state index in [9.17, 15) is 4.79 Å². The fourth-order valence-corrected chi connectivity index (χ4v) is 4.04. The van der Waals surface area contributed by atoms with Crippen LogP contribution in [0.1, 0.15) is 36.6 Å². The number of anilines is 2. The minimum absolute atomic E-state index is 0.00478. The first-order valence-corrected chi connectivity index (χ1v) is 10.2. The van der Waals surface area contributed by atoms with Crippen molar-refractivity contribution in [2.75, 3.05) is 11.9 Å². The van der Waals surface area contributed by atoms with Gasteiger partial charge in [0.2, 0.25) is 11.9 Å². The van der Waals surface area contributed by atoms with Gasteiger partial charge in [-0.25, -0.2) is 15.0 Å². The number of nitrogens with one attached hydrogen (secondary N) is 1. The lowest BCUT2D eigenvalue weighted by Crippen LogP contribution is -2.37. The summed E-state index contributed by atoms with van der Waals surface area (Å²) in [6.07, 6.45) is 9.95. The number of rotatable bonds is 5. The van der Waals surface area contributed by atoms with Gasteiger partial charge in [-0.15, -0.1) is 11.3 Å². The Labute approximate surface area is 168 Å². The predicted octanol–water partition coefficient (Wildman–Crippen LogP) is 4.44. The summed E-state index contributed by atoms with van der Waals surface area (Å²) < 4.78 is 0. The summed E-state index contributed by atoms with van der Waals surface area (Å²) in [6, 6.07) is 11.6. The number of carbonyl (C=O) groups is 1. The zero-order valence-corrected chi connectivity index (χ0v) is 16.2. The molecular formula is C21H21N5OS. The summed E-state index contributed by atoms with van der Waals surface area (Å²) >= 11 is 1.50. The van der Waals surface area contributed by atoms with Gasteiger partial charge in [-0.05, 0) is 37.0 Å². The summed E-state index contributed by atoms with van der Waals surface area (Å²) in [4.78, 5) is 27.8. The van der Waals surface area contributed by atoms with E-state index in [4.69, 9.17) is 0 Å². The van der Waals surface area contributed by atoms with Gasteiger partial charge in [0.15, 0.2) is 5.13 Å². The standard InChI is InChI=1S/C21H21N5OS/c27-19(11-10-16-7-2-1-3-8-16)26-14-5-4-9-18(26)17-15-28-21(24-17)25-20-22-12-6-13-23-20/h1-3,6-8,10-13,15,18H,4-5,9,14H2,(H,22,23,24,25)/b11-10+/t18-/m0/s1. The molecule has 1 aliphatic heterocycles. The van der Waals surface area contributed by atoms with Gasteiger partial charge in [0.1, 0.15) is 0 Å². The van der Waals surface area contributed by atoms with Crippen LogP contribution in [-0.2, 0) is 4.79 Å². The Morgan fingerprint density at radius 1 is 1.14 bits per heavy atom. The van der Waals surface area contributed by atoms with E-state index in [1.54, 1.807) is 24.5 Å². The smallest absolute Gasteiger partial charge is 0.247 e. The van der Waals surface area contributed by atoms with Crippen LogP contribution in [0.5, 0.6) is 0 Å². The van der Waals surface area contributed by atoms with Gasteiger partial charge in [-0.2, -0.15) is 0 Å². The van der Waals surface area contributed by atoms with E-state index >= 15 is 0 Å². The SMILES string of the molecule is O=C(/C=C/c1ccccc1)N1CCCC[C@H]1c1csc(Nc2ncccn2)n1. The number of carbonyl (C=O) groups excluding carboxylic acids is 1. The van der Waals surface area contributed by atoms with E-state index in [2.05, 4.69) is 20.3 Å². The Kier molecular flexibility index (Phi) is 5.72. The van der Waals surface area contributed by atoms with Crippen LogP contribution in [-0.4, -0.2) is 32.3 Å². The molecule has 0 saturated carbocycles. The highest BCUT2D eigenvalue weighted by atomic mass is 32.1. The molecule has 0 radical (unpaired) electrons. The number of aromatic nitrogens is 3. The second kappa shape index (κ2) is 8.75. The molecule has 0 aliphatic carbocycles. The molecule has 6 nitrogen and oxygen atoms in total. The van der Waals surface area contributed by atoms with E-state index in [0.29, 0.717) is 5.95 Å². The lowest BCUT2D eigenvalue weighted by atomic mass is 9.99. The maximum absolute atomic E-state index is 12.8. The number of thiazole rings is 1. The molecule has 2 aromatic heterocycles. The van der Waals surface area contributed by atoms with Crippen LogP contribution in [0.4, 0.5) is 11.1 Å². The average Bonchev–Trinajstić information content (AvgIpc) is 3.22. The van der Waals surface area contributed by atoms with Crippen LogP contribution in [0.2, 0.25) is 0 Å². The van der Waals surface area contributed by atoms with E-state index in [1.807, 2.05) is 46.7 Å². The Morgan fingerprint density at radius 3 is 2.79 bits per heavy atom. The van der Waals surface area contributed by atoms with Crippen molar-refractivity contribution in [1.29, 1.82) is 0 Å². The van der Waals surface area contributed by atoms with Gasteiger partial charge in [0.25, 0.3) is 0 Å². The molecule has 1 aliphatic rings. The van der Waals surface area contributed by atoms with Crippen molar-refractivity contribution in [1.82, 2.24) is 19.9 Å². The first kappa shape index (κ1) is 18.3. The molecule has 1 saturated heterocycles. The molecule has 0 bridgehead atoms. The molecule has 1 aromatic carbocycles. The molecule has 0 unspecified atom stereocenters. The van der Waals surface area contributed by atoms with Crippen LogP contribution >= 0.6 is 11.3 Å². The molecule has 3 aromatic rings. The normalized spacial score (nSPS) is 17.0. The van der Waals surface area contributed by atoms with Crippen LogP contribution in [0.15, 0.2) is 60.2 Å². The Bertz CT molecular complexity index is 942. The topological polar surface area (TPSA) is 71.0 Å². The molecule has 0 spiro atoms. The zero-order valence-electron chi connectivity index (χ0n) is 15.4. The lowest BCUT2D eigenvalue weighted by molar-refractivity contribution is -0.129. The second-order valence-corrected chi connectivity index (χ2v) is 7.42. The van der Waals surface area contributed by atoms with E-state index in [-0.39, 0.29) is 11.9 Å². The number of nitrogens with zero attached hydrogens (tertiary/aromatic N) is 4. The molecule has 142 valence electrons. The maximum atomic E-state index is 12.8. The molecular weight excluding hydrogens is 370 g/mol. The largest absolute Gasteiger partial charge is 0.331 e. The molecule has 1 amide bonds. The van der Waals surface area contributed by atoms with Crippen molar-refractivity contribution >= 4 is 34.4 Å². The number of hydrogen-bond acceptors (Lipinski definition) is 6. The van der Waals surface area contributed by atoms with E-state index in [1.165, 1.54) is 11.3 Å². The summed E-state index contributed by atoms with van der Waals surface area (Å²) in [5.41, 5.74) is 1.94. The summed E-state index contributed by atoms with van der Waals surface area (Å²) in [5.74, 6) is 0.549. The second-order valence-electron chi connectivity index (χ2n) is 6.56. The highest BCUT2D eigenvalue weighted by Gasteiger charge is 2.28. The third-order valence-corrected chi connectivity index (χ3v) is 5.43. The van der Waals surface area contributed by atoms with Crippen LogP contribution in [0.25, 0.3) is 6.08 Å². The Morgan fingerprint density at radius 2 is 1.96 bits per heavy atom. The summed E-state index contributed by atoms with van der Waals surface area (Å²) in [7, 11) is 0. The highest BCUT2D eigenvalue weighted by molar-refractivity contribution is 7.13. The van der Waals surface area contributed by atoms with Gasteiger partial charge >= 0.3 is 0 Å². The van der Waals surface area contributed by atoms with Crippen molar-refractivity contribution in [3.63, 3.8) is 0 Å². The minimum atomic E-state index is 0.00478. The van der Waals surface area contributed by atoms with Gasteiger partial charge in [0, 0.05) is 30.4 Å². The van der Waals surface area contributed by atoms with Crippen molar-refractivity contribution < 1.29 is 4.79 Å². The van der Waals surface area contributed by atoms with Crippen LogP contribution < -0.4 is 5.32 Å². The number of amides is 1. The fraction of sp³-hybridized carbons (Fsp3) is 0.238. The number of benzene rings is 1. The summed E-state index contributed by atoms with van der Waals surface area (Å²) in [6.45, 7) is 0.755. The third kappa shape index (κ3) is 4.43. The first-order valence-electron chi connectivity index (χ1n) is 9.33. The maximum Gasteiger partial charge on any atom is 0.247 e. The van der Waals surface area contributed by atoms with Crippen molar-refractivity contribution in [2.24, 2.45) is 0 Å². The molecule has 28 heavy (non-hydrogen) atoms. The quantitative estimate of drug-likeness (QED) is 0.651. The molecule has 1 atom stereocenters. The van der Waals surface area contributed by atoms with Crippen molar-refractivity contribution in [3.05, 3.63) is 71.5 Å². The highest BCUT2D eigenvalue weighted by Crippen LogP contribution is 2.33. The number of piperidine rings is 1.